The van der Waals surface area contributed by atoms with Gasteiger partial charge in [0.2, 0.25) is 0 Å². The van der Waals surface area contributed by atoms with Crippen LogP contribution in [0.5, 0.6) is 0 Å². The van der Waals surface area contributed by atoms with Crippen LogP contribution >= 0.6 is 0 Å². The standard InChI is InChI=1S/C11H15N/c1-8-4-5-9(2)11-6-7-12(11)10(8)3/h4-6,9-10H,1,7H2,2-3H3. The summed E-state index contributed by atoms with van der Waals surface area (Å²) in [5, 5.41) is 0. The van der Waals surface area contributed by atoms with Crippen molar-refractivity contribution in [1.29, 1.82) is 0 Å². The summed E-state index contributed by atoms with van der Waals surface area (Å²) in [6, 6.07) is 0.492. The first-order chi connectivity index (χ1) is 5.70. The van der Waals surface area contributed by atoms with Crippen molar-refractivity contribution in [3.8, 4) is 0 Å². The lowest BCUT2D eigenvalue weighted by molar-refractivity contribution is 0.270. The number of hydrogen-bond acceptors (Lipinski definition) is 1. The first-order valence-corrected chi connectivity index (χ1v) is 4.54. The van der Waals surface area contributed by atoms with Gasteiger partial charge in [-0.3, -0.25) is 0 Å². The molecule has 0 amide bonds. The van der Waals surface area contributed by atoms with Crippen molar-refractivity contribution in [3.63, 3.8) is 0 Å². The smallest absolute Gasteiger partial charge is 0.0509 e. The molecule has 0 aromatic rings. The lowest BCUT2D eigenvalue weighted by Crippen LogP contribution is -2.40. The largest absolute Gasteiger partial charge is 0.364 e. The Labute approximate surface area is 74.1 Å². The number of nitrogens with zero attached hydrogens (tertiary/aromatic N) is 1. The predicted molar refractivity (Wildman–Crippen MR) is 51.7 cm³/mol. The zero-order chi connectivity index (χ0) is 8.72. The van der Waals surface area contributed by atoms with E-state index in [1.54, 1.807) is 0 Å². The van der Waals surface area contributed by atoms with Crippen LogP contribution in [-0.4, -0.2) is 17.5 Å². The number of fused-ring (bicyclic) bond motifs is 1. The molecule has 0 radical (unpaired) electrons. The van der Waals surface area contributed by atoms with E-state index in [4.69, 9.17) is 0 Å². The summed E-state index contributed by atoms with van der Waals surface area (Å²) in [6.07, 6.45) is 6.71. The Hall–Kier alpha value is -0.980. The van der Waals surface area contributed by atoms with Crippen molar-refractivity contribution < 1.29 is 0 Å². The van der Waals surface area contributed by atoms with E-state index in [2.05, 4.69) is 43.6 Å². The van der Waals surface area contributed by atoms with Crippen LogP contribution in [0, 0.1) is 5.92 Å². The Bertz CT molecular complexity index is 273. The number of hydrogen-bond donors (Lipinski definition) is 0. The predicted octanol–water partition coefficient (Wildman–Crippen LogP) is 2.34. The fraction of sp³-hybridized carbons (Fsp3) is 0.455. The molecule has 0 saturated heterocycles. The Kier molecular flexibility index (Phi) is 1.60. The van der Waals surface area contributed by atoms with Crippen LogP contribution in [0.25, 0.3) is 0 Å². The molecular formula is C11H15N. The molecule has 2 aliphatic heterocycles. The third-order valence-electron chi connectivity index (χ3n) is 2.90. The third-order valence-corrected chi connectivity index (χ3v) is 2.90. The second-order valence-corrected chi connectivity index (χ2v) is 3.68. The van der Waals surface area contributed by atoms with Crippen molar-refractivity contribution >= 4 is 0 Å². The fourth-order valence-electron chi connectivity index (χ4n) is 1.84. The van der Waals surface area contributed by atoms with E-state index in [1.807, 2.05) is 0 Å². The molecule has 1 heteroatoms. The molecule has 2 heterocycles. The highest BCUT2D eigenvalue weighted by Gasteiger charge is 2.28. The zero-order valence-electron chi connectivity index (χ0n) is 7.75. The highest BCUT2D eigenvalue weighted by molar-refractivity contribution is 5.33. The minimum atomic E-state index is 0.492. The van der Waals surface area contributed by atoms with Gasteiger partial charge in [-0.25, -0.2) is 0 Å². The molecule has 0 aromatic carbocycles. The van der Waals surface area contributed by atoms with E-state index >= 15 is 0 Å². The van der Waals surface area contributed by atoms with E-state index in [1.165, 1.54) is 11.3 Å². The van der Waals surface area contributed by atoms with E-state index < -0.39 is 0 Å². The molecule has 0 spiro atoms. The lowest BCUT2D eigenvalue weighted by Gasteiger charge is -2.39. The van der Waals surface area contributed by atoms with Crippen LogP contribution in [0.3, 0.4) is 0 Å². The summed E-state index contributed by atoms with van der Waals surface area (Å²) >= 11 is 0. The van der Waals surface area contributed by atoms with Gasteiger partial charge in [-0.05, 0) is 18.6 Å². The van der Waals surface area contributed by atoms with Gasteiger partial charge in [0.05, 0.1) is 6.04 Å². The molecule has 0 fully saturated rings. The Morgan fingerprint density at radius 2 is 2.25 bits per heavy atom. The molecule has 0 bridgehead atoms. The first-order valence-electron chi connectivity index (χ1n) is 4.54. The SMILES string of the molecule is C=C1C=CC(C)C2=CCN2C1C. The number of allylic oxidation sites excluding steroid dienone is 1. The van der Waals surface area contributed by atoms with Gasteiger partial charge < -0.3 is 4.90 Å². The average molecular weight is 161 g/mol. The maximum absolute atomic E-state index is 4.05. The van der Waals surface area contributed by atoms with E-state index in [0.29, 0.717) is 12.0 Å². The average Bonchev–Trinajstić information content (AvgIpc) is 2.01. The van der Waals surface area contributed by atoms with Gasteiger partial charge in [0.1, 0.15) is 0 Å². The van der Waals surface area contributed by atoms with Gasteiger partial charge in [-0.1, -0.05) is 25.7 Å². The second-order valence-electron chi connectivity index (χ2n) is 3.68. The van der Waals surface area contributed by atoms with Crippen molar-refractivity contribution in [3.05, 3.63) is 36.1 Å². The van der Waals surface area contributed by atoms with Gasteiger partial charge in [-0.15, -0.1) is 0 Å². The van der Waals surface area contributed by atoms with Gasteiger partial charge >= 0.3 is 0 Å². The maximum atomic E-state index is 4.05. The second kappa shape index (κ2) is 2.51. The van der Waals surface area contributed by atoms with Gasteiger partial charge in [-0.2, -0.15) is 0 Å². The molecule has 0 aliphatic carbocycles. The lowest BCUT2D eigenvalue weighted by atomic mass is 10.0. The fourth-order valence-corrected chi connectivity index (χ4v) is 1.84. The summed E-state index contributed by atoms with van der Waals surface area (Å²) in [6.45, 7) is 9.61. The summed E-state index contributed by atoms with van der Waals surface area (Å²) in [4.78, 5) is 2.42. The Morgan fingerprint density at radius 3 is 2.83 bits per heavy atom. The molecule has 0 N–H and O–H groups in total. The molecule has 2 rings (SSSR count). The molecular weight excluding hydrogens is 146 g/mol. The summed E-state index contributed by atoms with van der Waals surface area (Å²) in [5.74, 6) is 0.570. The van der Waals surface area contributed by atoms with Crippen molar-refractivity contribution in [2.45, 2.75) is 19.9 Å². The highest BCUT2D eigenvalue weighted by Crippen LogP contribution is 2.32. The van der Waals surface area contributed by atoms with Crippen LogP contribution in [-0.2, 0) is 0 Å². The van der Waals surface area contributed by atoms with E-state index in [-0.39, 0.29) is 0 Å². The number of rotatable bonds is 0. The van der Waals surface area contributed by atoms with Crippen molar-refractivity contribution in [1.82, 2.24) is 4.90 Å². The molecule has 1 nitrogen and oxygen atoms in total. The van der Waals surface area contributed by atoms with Crippen molar-refractivity contribution in [2.24, 2.45) is 5.92 Å². The van der Waals surface area contributed by atoms with Gasteiger partial charge in [0.15, 0.2) is 0 Å². The van der Waals surface area contributed by atoms with Gasteiger partial charge in [0.25, 0.3) is 0 Å². The van der Waals surface area contributed by atoms with Crippen LogP contribution < -0.4 is 0 Å². The minimum Gasteiger partial charge on any atom is -0.364 e. The summed E-state index contributed by atoms with van der Waals surface area (Å²) < 4.78 is 0. The van der Waals surface area contributed by atoms with Crippen molar-refractivity contribution in [2.75, 3.05) is 6.54 Å². The molecule has 2 atom stereocenters. The highest BCUT2D eigenvalue weighted by atomic mass is 15.2. The first kappa shape index (κ1) is 7.66. The van der Waals surface area contributed by atoms with E-state index in [9.17, 15) is 0 Å². The molecule has 0 saturated carbocycles. The topological polar surface area (TPSA) is 3.24 Å². The normalized spacial score (nSPS) is 33.7. The molecule has 64 valence electrons. The molecule has 2 unspecified atom stereocenters. The summed E-state index contributed by atoms with van der Waals surface area (Å²) in [7, 11) is 0. The van der Waals surface area contributed by atoms with Gasteiger partial charge in [0, 0.05) is 18.2 Å². The van der Waals surface area contributed by atoms with Crippen LogP contribution in [0.15, 0.2) is 36.1 Å². The Balaban J connectivity index is 2.31. The monoisotopic (exact) mass is 161 g/mol. The van der Waals surface area contributed by atoms with Crippen LogP contribution in [0.2, 0.25) is 0 Å². The maximum Gasteiger partial charge on any atom is 0.0509 e. The molecule has 12 heavy (non-hydrogen) atoms. The van der Waals surface area contributed by atoms with Crippen LogP contribution in [0.4, 0.5) is 0 Å². The van der Waals surface area contributed by atoms with Crippen LogP contribution in [0.1, 0.15) is 13.8 Å². The third kappa shape index (κ3) is 0.927. The Morgan fingerprint density at radius 1 is 1.50 bits per heavy atom. The molecule has 0 aromatic heterocycles. The van der Waals surface area contributed by atoms with E-state index in [0.717, 1.165) is 6.54 Å². The minimum absolute atomic E-state index is 0.492. The summed E-state index contributed by atoms with van der Waals surface area (Å²) in [5.41, 5.74) is 2.70. The zero-order valence-corrected chi connectivity index (χ0v) is 7.75. The molecule has 2 aliphatic rings. The quantitative estimate of drug-likeness (QED) is 0.527.